The fraction of sp³-hybridized carbons (Fsp3) is 0.259. The van der Waals surface area contributed by atoms with Crippen molar-refractivity contribution in [2.75, 3.05) is 16.5 Å². The summed E-state index contributed by atoms with van der Waals surface area (Å²) in [7, 11) is 1.66. The van der Waals surface area contributed by atoms with E-state index in [9.17, 15) is 29.1 Å². The van der Waals surface area contributed by atoms with Crippen molar-refractivity contribution in [2.24, 2.45) is 17.4 Å². The van der Waals surface area contributed by atoms with E-state index in [1.165, 1.54) is 28.2 Å². The number of benzene rings is 2. The van der Waals surface area contributed by atoms with Crippen molar-refractivity contribution >= 4 is 58.8 Å². The van der Waals surface area contributed by atoms with E-state index in [4.69, 9.17) is 0 Å². The molecular formula is C27H24N10O6S2. The molecule has 1 fully saturated rings. The first kappa shape index (κ1) is 29.9. The first-order valence-electron chi connectivity index (χ1n) is 13.4. The Kier molecular flexibility index (Phi) is 8.31. The van der Waals surface area contributed by atoms with Crippen molar-refractivity contribution in [3.8, 4) is 0 Å². The third-order valence-corrected chi connectivity index (χ3v) is 9.57. The smallest absolute Gasteiger partial charge is 0.352 e. The number of aryl methyl sites for hydroxylation is 1. The Morgan fingerprint density at radius 1 is 1.07 bits per heavy atom. The van der Waals surface area contributed by atoms with E-state index in [0.29, 0.717) is 27.7 Å². The number of hydrogen-bond acceptors (Lipinski definition) is 12. The zero-order chi connectivity index (χ0) is 31.7. The summed E-state index contributed by atoms with van der Waals surface area (Å²) < 4.78 is 1.46. The topological polar surface area (TPSA) is 204 Å². The van der Waals surface area contributed by atoms with Crippen LogP contribution in [0.1, 0.15) is 11.6 Å². The van der Waals surface area contributed by atoms with Crippen LogP contribution in [0.15, 0.2) is 87.4 Å². The number of thioether (sulfide) groups is 2. The summed E-state index contributed by atoms with van der Waals surface area (Å²) >= 11 is 2.55. The monoisotopic (exact) mass is 648 g/mol. The van der Waals surface area contributed by atoms with Crippen molar-refractivity contribution < 1.29 is 29.1 Å². The van der Waals surface area contributed by atoms with E-state index >= 15 is 0 Å². The molecule has 4 atom stereocenters. The summed E-state index contributed by atoms with van der Waals surface area (Å²) in [4.78, 5) is 66.5. The molecule has 3 aliphatic heterocycles. The number of rotatable bonds is 10. The average Bonchev–Trinajstić information content (AvgIpc) is 3.65. The Morgan fingerprint density at radius 2 is 1.78 bits per heavy atom. The number of aromatic nitrogens is 4. The van der Waals surface area contributed by atoms with Gasteiger partial charge in [-0.15, -0.1) is 22.0 Å². The zero-order valence-corrected chi connectivity index (χ0v) is 25.0. The number of β-lactam (4-membered cyclic amide) rings is 1. The molecule has 0 spiro atoms. The molecule has 2 unspecified atom stereocenters. The lowest BCUT2D eigenvalue weighted by Crippen LogP contribution is -2.71. The Morgan fingerprint density at radius 3 is 2.44 bits per heavy atom. The van der Waals surface area contributed by atoms with Gasteiger partial charge in [0.1, 0.15) is 23.2 Å². The van der Waals surface area contributed by atoms with Crippen LogP contribution in [0.4, 0.5) is 5.69 Å². The van der Waals surface area contributed by atoms with Gasteiger partial charge >= 0.3 is 5.97 Å². The first-order valence-corrected chi connectivity index (χ1v) is 15.5. The molecule has 2 aromatic carbocycles. The predicted molar refractivity (Wildman–Crippen MR) is 159 cm³/mol. The number of para-hydroxylation sites is 1. The maximum absolute atomic E-state index is 13.6. The van der Waals surface area contributed by atoms with Gasteiger partial charge in [-0.1, -0.05) is 65.5 Å². The molecule has 45 heavy (non-hydrogen) atoms. The predicted octanol–water partition coefficient (Wildman–Crippen LogP) is 0.681. The number of tetrazole rings is 1. The van der Waals surface area contributed by atoms with Crippen LogP contribution in [0.25, 0.3) is 0 Å². The Hall–Kier alpha value is -5.10. The van der Waals surface area contributed by atoms with Crippen molar-refractivity contribution in [2.45, 2.75) is 28.7 Å². The second kappa shape index (κ2) is 12.5. The molecule has 0 aliphatic carbocycles. The minimum atomic E-state index is -1.52. The van der Waals surface area contributed by atoms with Gasteiger partial charge in [0.25, 0.3) is 17.7 Å². The van der Waals surface area contributed by atoms with Gasteiger partial charge in [-0.25, -0.2) is 9.48 Å². The third-order valence-electron chi connectivity index (χ3n) is 7.13. The maximum atomic E-state index is 13.6. The summed E-state index contributed by atoms with van der Waals surface area (Å²) in [6, 6.07) is 12.9. The number of nitrogens with zero attached hydrogens (tertiary/aromatic N) is 8. The number of hydrogen-bond donors (Lipinski definition) is 3. The van der Waals surface area contributed by atoms with Crippen molar-refractivity contribution in [1.29, 1.82) is 0 Å². The number of carbonyl (C=O) groups excluding carboxylic acids is 4. The highest BCUT2D eigenvalue weighted by molar-refractivity contribution is 8.01. The van der Waals surface area contributed by atoms with Crippen LogP contribution in [-0.2, 0) is 31.0 Å². The second-order valence-corrected chi connectivity index (χ2v) is 12.0. The highest BCUT2D eigenvalue weighted by Crippen LogP contribution is 2.41. The molecule has 230 valence electrons. The molecule has 0 bridgehead atoms. The van der Waals surface area contributed by atoms with E-state index in [1.807, 2.05) is 0 Å². The summed E-state index contributed by atoms with van der Waals surface area (Å²) in [5, 5.41) is 34.9. The summed E-state index contributed by atoms with van der Waals surface area (Å²) in [6.45, 7) is 0. The molecule has 4 amide bonds. The number of carbonyl (C=O) groups is 5. The lowest BCUT2D eigenvalue weighted by Gasteiger charge is -2.49. The van der Waals surface area contributed by atoms with Gasteiger partial charge < -0.3 is 15.7 Å². The van der Waals surface area contributed by atoms with Gasteiger partial charge in [0, 0.05) is 18.6 Å². The molecule has 6 rings (SSSR count). The molecule has 4 heterocycles. The van der Waals surface area contributed by atoms with Crippen LogP contribution < -0.4 is 15.6 Å². The number of aliphatic carboxylic acids is 1. The number of carboxylic acid groups (broad SMARTS) is 1. The molecule has 3 aliphatic rings. The molecule has 0 radical (unpaired) electrons. The molecule has 18 heteroatoms. The normalized spacial score (nSPS) is 21.3. The maximum Gasteiger partial charge on any atom is 0.352 e. The number of fused-ring (bicyclic) bond motifs is 1. The van der Waals surface area contributed by atoms with Crippen LogP contribution in [0.5, 0.6) is 0 Å². The van der Waals surface area contributed by atoms with Gasteiger partial charge in [0.05, 0.1) is 5.69 Å². The number of anilines is 1. The van der Waals surface area contributed by atoms with E-state index in [2.05, 4.69) is 36.5 Å². The van der Waals surface area contributed by atoms with Crippen molar-refractivity contribution in [3.05, 3.63) is 77.5 Å². The molecule has 16 nitrogen and oxygen atoms in total. The lowest BCUT2D eigenvalue weighted by atomic mass is 10.0. The van der Waals surface area contributed by atoms with Gasteiger partial charge in [0.15, 0.2) is 0 Å². The fourth-order valence-corrected chi connectivity index (χ4v) is 7.25. The fourth-order valence-electron chi connectivity index (χ4n) is 4.92. The second-order valence-electron chi connectivity index (χ2n) is 9.97. The quantitative estimate of drug-likeness (QED) is 0.158. The summed E-state index contributed by atoms with van der Waals surface area (Å²) in [5.41, 5.74) is 1.20. The van der Waals surface area contributed by atoms with Crippen LogP contribution >= 0.6 is 23.5 Å². The first-order chi connectivity index (χ1) is 21.7. The van der Waals surface area contributed by atoms with Crippen molar-refractivity contribution in [1.82, 2.24) is 35.7 Å². The molecule has 0 saturated carbocycles. The molecule has 3 aromatic rings. The molecular weight excluding hydrogens is 624 g/mol. The SMILES string of the molecule is Cn1nnnc1SCC1=C(C(=O)O)N2C(=O)C(NC(=O)[C@H](NC(=O)C3N=NN(c4ccccc4)C3=O)c3ccccc3)[C@H]2SC1. The minimum Gasteiger partial charge on any atom is -0.477 e. The number of nitrogens with one attached hydrogen (secondary N) is 2. The minimum absolute atomic E-state index is 0.141. The van der Waals surface area contributed by atoms with Crippen LogP contribution in [0.2, 0.25) is 0 Å². The van der Waals surface area contributed by atoms with Gasteiger partial charge in [-0.05, 0) is 33.7 Å². The third kappa shape index (κ3) is 5.76. The van der Waals surface area contributed by atoms with Gasteiger partial charge in [0.2, 0.25) is 17.1 Å². The summed E-state index contributed by atoms with van der Waals surface area (Å²) in [5.74, 6) is -3.57. The van der Waals surface area contributed by atoms with Crippen LogP contribution in [0, 0.1) is 0 Å². The van der Waals surface area contributed by atoms with Gasteiger partial charge in [-0.3, -0.25) is 24.1 Å². The zero-order valence-electron chi connectivity index (χ0n) is 23.4. The number of amides is 4. The average molecular weight is 649 g/mol. The Labute approximate surface area is 263 Å². The standard InChI is InChI=1S/C27H24N10O6S2/c1-35-27(31-32-34-35)45-13-15-12-44-25-19(23(40)36(25)20(15)26(42)43)29-21(38)17(14-8-4-2-5-9-14)28-22(39)18-24(41)37(33-30-18)16-10-6-3-7-11-16/h2-11,17-19,25H,12-13H2,1H3,(H,28,39)(H,29,38)(H,42,43)/t17-,18?,19?,25-/m1/s1. The number of carboxylic acids is 1. The summed E-state index contributed by atoms with van der Waals surface area (Å²) in [6.07, 6.45) is 0. The highest BCUT2D eigenvalue weighted by Gasteiger charge is 2.54. The lowest BCUT2D eigenvalue weighted by molar-refractivity contribution is -0.151. The van der Waals surface area contributed by atoms with Gasteiger partial charge in [-0.2, -0.15) is 5.01 Å². The highest BCUT2D eigenvalue weighted by atomic mass is 32.2. The molecule has 1 saturated heterocycles. The van der Waals surface area contributed by atoms with Crippen LogP contribution in [0.3, 0.4) is 0 Å². The molecule has 1 aromatic heterocycles. The van der Waals surface area contributed by atoms with E-state index in [1.54, 1.807) is 67.7 Å². The van der Waals surface area contributed by atoms with E-state index in [-0.39, 0.29) is 11.4 Å². The van der Waals surface area contributed by atoms with Crippen LogP contribution in [-0.4, -0.2) is 88.8 Å². The largest absolute Gasteiger partial charge is 0.477 e. The Balaban J connectivity index is 1.16. The van der Waals surface area contributed by atoms with Crippen molar-refractivity contribution in [3.63, 3.8) is 0 Å². The van der Waals surface area contributed by atoms with E-state index in [0.717, 1.165) is 9.91 Å². The van der Waals surface area contributed by atoms with E-state index < -0.39 is 53.1 Å². The Bertz CT molecular complexity index is 1730. The molecule has 3 N–H and O–H groups in total.